The molecule has 1 aromatic heterocycles. The summed E-state index contributed by atoms with van der Waals surface area (Å²) in [6.07, 6.45) is 4.06. The first kappa shape index (κ1) is 14.0. The van der Waals surface area contributed by atoms with E-state index in [0.717, 1.165) is 4.47 Å². The van der Waals surface area contributed by atoms with Crippen molar-refractivity contribution in [2.45, 2.75) is 0 Å². The molecule has 0 unspecified atom stereocenters. The second kappa shape index (κ2) is 5.34. The van der Waals surface area contributed by atoms with Gasteiger partial charge in [0.2, 0.25) is 0 Å². The molecule has 1 aliphatic carbocycles. The van der Waals surface area contributed by atoms with Gasteiger partial charge in [-0.15, -0.1) is 11.3 Å². The number of hydrogen-bond acceptors (Lipinski definition) is 1. The highest BCUT2D eigenvalue weighted by molar-refractivity contribution is 9.10. The molecule has 1 aliphatic rings. The summed E-state index contributed by atoms with van der Waals surface area (Å²) in [5.41, 5.74) is 11.1. The van der Waals surface area contributed by atoms with Crippen molar-refractivity contribution in [1.82, 2.24) is 0 Å². The van der Waals surface area contributed by atoms with Crippen LogP contribution in [-0.2, 0) is 0 Å². The number of benzene rings is 3. The molecule has 112 valence electrons. The predicted octanol–water partition coefficient (Wildman–Crippen LogP) is 7.28. The second-order valence-electron chi connectivity index (χ2n) is 5.84. The van der Waals surface area contributed by atoms with Crippen molar-refractivity contribution < 1.29 is 0 Å². The summed E-state index contributed by atoms with van der Waals surface area (Å²) in [5.74, 6) is 0. The fourth-order valence-corrected chi connectivity index (χ4v) is 4.61. The molecule has 0 amide bonds. The third-order valence-electron chi connectivity index (χ3n) is 4.41. The fourth-order valence-electron chi connectivity index (χ4n) is 3.25. The molecule has 0 bridgehead atoms. The van der Waals surface area contributed by atoms with Gasteiger partial charge in [0, 0.05) is 24.6 Å². The summed E-state index contributed by atoms with van der Waals surface area (Å²) in [6.45, 7) is 0. The van der Waals surface area contributed by atoms with Crippen LogP contribution in [0.25, 0.3) is 43.5 Å². The number of fused-ring (bicyclic) bond motifs is 5. The summed E-state index contributed by atoms with van der Waals surface area (Å²) >= 11 is 5.36. The zero-order valence-corrected chi connectivity index (χ0v) is 15.0. The molecular weight excluding hydrogens is 376 g/mol. The van der Waals surface area contributed by atoms with Crippen LogP contribution < -0.4 is 0 Å². The maximum Gasteiger partial charge on any atom is 0.0362 e. The normalized spacial score (nSPS) is 12.2. The van der Waals surface area contributed by atoms with Gasteiger partial charge in [0.25, 0.3) is 0 Å². The Kier molecular flexibility index (Phi) is 3.13. The van der Waals surface area contributed by atoms with E-state index in [1.807, 2.05) is 17.4 Å². The van der Waals surface area contributed by atoms with Gasteiger partial charge in [0.15, 0.2) is 0 Å². The Bertz CT molecular complexity index is 1210. The van der Waals surface area contributed by atoms with Crippen molar-refractivity contribution in [3.63, 3.8) is 0 Å². The Morgan fingerprint density at radius 3 is 2.38 bits per heavy atom. The predicted molar refractivity (Wildman–Crippen MR) is 108 cm³/mol. The summed E-state index contributed by atoms with van der Waals surface area (Å²) in [4.78, 5) is 0. The number of hydrogen-bond donors (Lipinski definition) is 0. The molecule has 24 heavy (non-hydrogen) atoms. The van der Waals surface area contributed by atoms with E-state index in [1.165, 1.54) is 42.4 Å². The maximum absolute atomic E-state index is 3.51. The molecule has 0 saturated carbocycles. The zero-order chi connectivity index (χ0) is 16.1. The van der Waals surface area contributed by atoms with Crippen molar-refractivity contribution in [1.29, 1.82) is 0 Å². The number of rotatable bonds is 1. The molecule has 5 rings (SSSR count). The molecule has 0 fully saturated rings. The SMILES string of the molecule is Brc1ccc(-c2ccc3sc4ccc5c(c4c3c2)C=C=C=C5)cc1. The molecule has 2 heteroatoms. The summed E-state index contributed by atoms with van der Waals surface area (Å²) in [6, 6.07) is 19.6. The van der Waals surface area contributed by atoms with Crippen LogP contribution in [0.2, 0.25) is 0 Å². The summed E-state index contributed by atoms with van der Waals surface area (Å²) in [5, 5.41) is 2.65. The van der Waals surface area contributed by atoms with E-state index in [1.54, 1.807) is 0 Å². The van der Waals surface area contributed by atoms with Gasteiger partial charge in [-0.1, -0.05) is 51.7 Å². The van der Waals surface area contributed by atoms with E-state index in [9.17, 15) is 0 Å². The molecule has 0 aliphatic heterocycles. The van der Waals surface area contributed by atoms with Crippen LogP contribution in [0.3, 0.4) is 0 Å². The summed E-state index contributed by atoms with van der Waals surface area (Å²) < 4.78 is 3.75. The Balaban J connectivity index is 1.83. The van der Waals surface area contributed by atoms with Gasteiger partial charge in [-0.2, -0.15) is 0 Å². The van der Waals surface area contributed by atoms with Gasteiger partial charge >= 0.3 is 0 Å². The highest BCUT2D eigenvalue weighted by Gasteiger charge is 2.12. The molecule has 1 heterocycles. The number of halogens is 1. The molecule has 0 N–H and O–H groups in total. The second-order valence-corrected chi connectivity index (χ2v) is 7.84. The van der Waals surface area contributed by atoms with Crippen LogP contribution in [0, 0.1) is 0 Å². The van der Waals surface area contributed by atoms with Crippen LogP contribution in [0.5, 0.6) is 0 Å². The smallest absolute Gasteiger partial charge is 0.0362 e. The number of thiophene rings is 1. The Hall–Kier alpha value is -2.34. The highest BCUT2D eigenvalue weighted by atomic mass is 79.9. The lowest BCUT2D eigenvalue weighted by Gasteiger charge is -2.06. The topological polar surface area (TPSA) is 0 Å². The van der Waals surface area contributed by atoms with E-state index >= 15 is 0 Å². The van der Waals surface area contributed by atoms with Crippen LogP contribution >= 0.6 is 27.3 Å². The van der Waals surface area contributed by atoms with E-state index < -0.39 is 0 Å². The van der Waals surface area contributed by atoms with Crippen molar-refractivity contribution in [3.05, 3.63) is 81.7 Å². The molecule has 0 spiro atoms. The van der Waals surface area contributed by atoms with Gasteiger partial charge in [-0.05, 0) is 64.7 Å². The minimum atomic E-state index is 1.10. The molecule has 0 saturated heterocycles. The molecule has 0 atom stereocenters. The van der Waals surface area contributed by atoms with Crippen molar-refractivity contribution in [2.75, 3.05) is 0 Å². The monoisotopic (exact) mass is 386 g/mol. The largest absolute Gasteiger partial charge is 0.135 e. The van der Waals surface area contributed by atoms with Crippen molar-refractivity contribution >= 4 is 59.6 Å². The molecule has 0 radical (unpaired) electrons. The van der Waals surface area contributed by atoms with E-state index in [2.05, 4.69) is 88.1 Å². The average molecular weight is 387 g/mol. The molecule has 0 nitrogen and oxygen atoms in total. The Morgan fingerprint density at radius 1 is 0.750 bits per heavy atom. The van der Waals surface area contributed by atoms with Crippen LogP contribution in [0.4, 0.5) is 0 Å². The first-order valence-electron chi connectivity index (χ1n) is 7.72. The van der Waals surface area contributed by atoms with E-state index in [-0.39, 0.29) is 0 Å². The first-order valence-corrected chi connectivity index (χ1v) is 9.33. The maximum atomic E-state index is 3.51. The lowest BCUT2D eigenvalue weighted by Crippen LogP contribution is -1.83. The molecular formula is C22H11BrS. The van der Waals surface area contributed by atoms with Crippen molar-refractivity contribution in [3.8, 4) is 11.1 Å². The van der Waals surface area contributed by atoms with Gasteiger partial charge in [0.1, 0.15) is 0 Å². The van der Waals surface area contributed by atoms with Crippen molar-refractivity contribution in [2.24, 2.45) is 0 Å². The van der Waals surface area contributed by atoms with Crippen LogP contribution in [-0.4, -0.2) is 0 Å². The minimum Gasteiger partial charge on any atom is -0.135 e. The van der Waals surface area contributed by atoms with Gasteiger partial charge in [-0.3, -0.25) is 0 Å². The first-order chi connectivity index (χ1) is 11.8. The van der Waals surface area contributed by atoms with Crippen LogP contribution in [0.15, 0.2) is 70.5 Å². The van der Waals surface area contributed by atoms with Gasteiger partial charge in [0.05, 0.1) is 0 Å². The minimum absolute atomic E-state index is 1.10. The third kappa shape index (κ3) is 2.13. The van der Waals surface area contributed by atoms with E-state index in [0.29, 0.717) is 0 Å². The summed E-state index contributed by atoms with van der Waals surface area (Å²) in [7, 11) is 0. The van der Waals surface area contributed by atoms with Gasteiger partial charge in [-0.25, -0.2) is 0 Å². The third-order valence-corrected chi connectivity index (χ3v) is 6.08. The Morgan fingerprint density at radius 2 is 1.50 bits per heavy atom. The Labute approximate surface area is 152 Å². The van der Waals surface area contributed by atoms with E-state index in [4.69, 9.17) is 0 Å². The van der Waals surface area contributed by atoms with Crippen LogP contribution in [0.1, 0.15) is 11.1 Å². The average Bonchev–Trinajstić information content (AvgIpc) is 3.00. The quantitative estimate of drug-likeness (QED) is 0.265. The highest BCUT2D eigenvalue weighted by Crippen LogP contribution is 2.40. The van der Waals surface area contributed by atoms with Gasteiger partial charge < -0.3 is 0 Å². The lowest BCUT2D eigenvalue weighted by molar-refractivity contribution is 1.62. The zero-order valence-electron chi connectivity index (χ0n) is 12.6. The lowest BCUT2D eigenvalue weighted by atomic mass is 9.97. The fraction of sp³-hybridized carbons (Fsp3) is 0. The molecule has 4 aromatic rings. The molecule has 3 aromatic carbocycles. The standard InChI is InChI=1S/C22H11BrS/c23-17-9-5-14(6-10-17)16-8-11-20-19(13-16)22-18-4-2-1-3-15(18)7-12-21(22)24-20/h3-13H.